The highest BCUT2D eigenvalue weighted by atomic mass is 35.5. The van der Waals surface area contributed by atoms with Crippen LogP contribution in [0.3, 0.4) is 0 Å². The fourth-order valence-corrected chi connectivity index (χ4v) is 0.289. The molecule has 0 saturated heterocycles. The Morgan fingerprint density at radius 3 is 2.44 bits per heavy atom. The summed E-state index contributed by atoms with van der Waals surface area (Å²) < 4.78 is 0. The molecule has 0 aliphatic carbocycles. The van der Waals surface area contributed by atoms with E-state index in [1.807, 2.05) is 25.9 Å². The molecular formula is C6H11ClN2. The van der Waals surface area contributed by atoms with Crippen LogP contribution in [0.5, 0.6) is 0 Å². The van der Waals surface area contributed by atoms with Gasteiger partial charge in [-0.3, -0.25) is 0 Å². The molecule has 0 unspecified atom stereocenters. The van der Waals surface area contributed by atoms with Crippen molar-refractivity contribution in [1.29, 1.82) is 0 Å². The van der Waals surface area contributed by atoms with Crippen LogP contribution in [-0.4, -0.2) is 25.3 Å². The first-order valence-corrected chi connectivity index (χ1v) is 3.07. The van der Waals surface area contributed by atoms with Crippen molar-refractivity contribution in [2.45, 2.75) is 6.92 Å². The lowest BCUT2D eigenvalue weighted by Crippen LogP contribution is -2.07. The smallest absolute Gasteiger partial charge is 0.126 e. The van der Waals surface area contributed by atoms with Gasteiger partial charge in [0.1, 0.15) is 5.16 Å². The van der Waals surface area contributed by atoms with Gasteiger partial charge in [-0.25, -0.2) is 4.99 Å². The van der Waals surface area contributed by atoms with E-state index in [4.69, 9.17) is 11.6 Å². The Morgan fingerprint density at radius 1 is 1.56 bits per heavy atom. The van der Waals surface area contributed by atoms with E-state index in [2.05, 4.69) is 4.99 Å². The summed E-state index contributed by atoms with van der Waals surface area (Å²) in [5.74, 6) is 0. The zero-order chi connectivity index (χ0) is 7.28. The zero-order valence-corrected chi connectivity index (χ0v) is 6.68. The van der Waals surface area contributed by atoms with Crippen LogP contribution in [0, 0.1) is 0 Å². The molecule has 52 valence electrons. The second-order valence-electron chi connectivity index (χ2n) is 1.82. The number of nitrogens with zero attached hydrogens (tertiary/aromatic N) is 2. The Labute approximate surface area is 60.8 Å². The SMILES string of the molecule is C/C=C(Cl)/N=C\N(C)C. The zero-order valence-electron chi connectivity index (χ0n) is 5.93. The van der Waals surface area contributed by atoms with Crippen molar-refractivity contribution < 1.29 is 0 Å². The third-order valence-corrected chi connectivity index (χ3v) is 0.966. The van der Waals surface area contributed by atoms with E-state index in [1.54, 1.807) is 12.4 Å². The number of rotatable bonds is 2. The molecule has 0 atom stereocenters. The molecule has 0 amide bonds. The van der Waals surface area contributed by atoms with E-state index in [-0.39, 0.29) is 0 Å². The van der Waals surface area contributed by atoms with Crippen molar-refractivity contribution in [1.82, 2.24) is 4.90 Å². The van der Waals surface area contributed by atoms with Gasteiger partial charge in [-0.15, -0.1) is 0 Å². The Kier molecular flexibility index (Phi) is 4.14. The van der Waals surface area contributed by atoms with Crippen molar-refractivity contribution in [2.24, 2.45) is 4.99 Å². The highest BCUT2D eigenvalue weighted by molar-refractivity contribution is 6.29. The van der Waals surface area contributed by atoms with Gasteiger partial charge in [-0.05, 0) is 6.92 Å². The Morgan fingerprint density at radius 2 is 2.11 bits per heavy atom. The quantitative estimate of drug-likeness (QED) is 0.329. The van der Waals surface area contributed by atoms with Gasteiger partial charge in [0.25, 0.3) is 0 Å². The van der Waals surface area contributed by atoms with Gasteiger partial charge in [-0.1, -0.05) is 17.7 Å². The van der Waals surface area contributed by atoms with E-state index in [0.29, 0.717) is 5.16 Å². The van der Waals surface area contributed by atoms with Crippen LogP contribution < -0.4 is 0 Å². The Hall–Kier alpha value is -0.500. The molecule has 9 heavy (non-hydrogen) atoms. The van der Waals surface area contributed by atoms with Gasteiger partial charge in [0.2, 0.25) is 0 Å². The van der Waals surface area contributed by atoms with Gasteiger partial charge in [-0.2, -0.15) is 0 Å². The summed E-state index contributed by atoms with van der Waals surface area (Å²) in [6, 6.07) is 0. The van der Waals surface area contributed by atoms with Gasteiger partial charge in [0, 0.05) is 14.1 Å². The molecule has 0 fully saturated rings. The fraction of sp³-hybridized carbons (Fsp3) is 0.500. The lowest BCUT2D eigenvalue weighted by atomic mass is 10.7. The van der Waals surface area contributed by atoms with E-state index < -0.39 is 0 Å². The normalized spacial score (nSPS) is 12.7. The largest absolute Gasteiger partial charge is 0.369 e. The number of allylic oxidation sites excluding steroid dienone is 1. The molecule has 0 saturated carbocycles. The third kappa shape index (κ3) is 5.37. The van der Waals surface area contributed by atoms with Crippen molar-refractivity contribution in [3.63, 3.8) is 0 Å². The highest BCUT2D eigenvalue weighted by Gasteiger charge is 1.80. The second-order valence-corrected chi connectivity index (χ2v) is 2.21. The van der Waals surface area contributed by atoms with Crippen LogP contribution in [0.4, 0.5) is 0 Å². The molecule has 0 radical (unpaired) electrons. The lowest BCUT2D eigenvalue weighted by Gasteiger charge is -2.00. The van der Waals surface area contributed by atoms with Crippen LogP contribution in [0.2, 0.25) is 0 Å². The maximum absolute atomic E-state index is 5.55. The predicted molar refractivity (Wildman–Crippen MR) is 41.8 cm³/mol. The first kappa shape index (κ1) is 8.50. The number of halogens is 1. The topological polar surface area (TPSA) is 15.6 Å². The molecule has 0 aromatic carbocycles. The lowest BCUT2D eigenvalue weighted by molar-refractivity contribution is 0.642. The van der Waals surface area contributed by atoms with E-state index in [1.165, 1.54) is 0 Å². The molecule has 0 aromatic rings. The molecule has 2 nitrogen and oxygen atoms in total. The summed E-state index contributed by atoms with van der Waals surface area (Å²) in [5.41, 5.74) is 0. The molecule has 3 heteroatoms. The van der Waals surface area contributed by atoms with Crippen LogP contribution >= 0.6 is 11.6 Å². The van der Waals surface area contributed by atoms with Crippen molar-refractivity contribution in [3.05, 3.63) is 11.2 Å². The third-order valence-electron chi connectivity index (χ3n) is 0.650. The Balaban J connectivity index is 3.71. The average Bonchev–Trinajstić information content (AvgIpc) is 1.83. The Bertz CT molecular complexity index is 127. The van der Waals surface area contributed by atoms with Crippen LogP contribution in [-0.2, 0) is 0 Å². The summed E-state index contributed by atoms with van der Waals surface area (Å²) in [7, 11) is 3.78. The van der Waals surface area contributed by atoms with Crippen LogP contribution in [0.15, 0.2) is 16.2 Å². The van der Waals surface area contributed by atoms with Gasteiger partial charge in [0.15, 0.2) is 0 Å². The highest BCUT2D eigenvalue weighted by Crippen LogP contribution is 1.99. The predicted octanol–water partition coefficient (Wildman–Crippen LogP) is 1.68. The molecule has 0 spiro atoms. The second kappa shape index (κ2) is 4.39. The van der Waals surface area contributed by atoms with Gasteiger partial charge < -0.3 is 4.90 Å². The van der Waals surface area contributed by atoms with Crippen LogP contribution in [0.25, 0.3) is 0 Å². The van der Waals surface area contributed by atoms with E-state index in [0.717, 1.165) is 0 Å². The number of aliphatic imine (C=N–C) groups is 1. The minimum Gasteiger partial charge on any atom is -0.369 e. The molecular weight excluding hydrogens is 136 g/mol. The van der Waals surface area contributed by atoms with E-state index in [9.17, 15) is 0 Å². The van der Waals surface area contributed by atoms with Crippen molar-refractivity contribution >= 4 is 17.9 Å². The minimum absolute atomic E-state index is 0.517. The molecule has 0 bridgehead atoms. The van der Waals surface area contributed by atoms with Gasteiger partial charge in [0.05, 0.1) is 6.34 Å². The maximum atomic E-state index is 5.55. The molecule has 0 aliphatic heterocycles. The molecule has 0 aromatic heterocycles. The molecule has 0 aliphatic rings. The average molecular weight is 147 g/mol. The first-order valence-electron chi connectivity index (χ1n) is 2.69. The summed E-state index contributed by atoms with van der Waals surface area (Å²) >= 11 is 5.55. The summed E-state index contributed by atoms with van der Waals surface area (Å²) in [6.07, 6.45) is 3.39. The fourth-order valence-electron chi connectivity index (χ4n) is 0.245. The number of hydrogen-bond donors (Lipinski definition) is 0. The van der Waals surface area contributed by atoms with Crippen molar-refractivity contribution in [2.75, 3.05) is 14.1 Å². The summed E-state index contributed by atoms with van der Waals surface area (Å²) in [5, 5.41) is 0.517. The molecule has 0 rings (SSSR count). The first-order chi connectivity index (χ1) is 4.16. The molecule has 0 N–H and O–H groups in total. The minimum atomic E-state index is 0.517. The van der Waals surface area contributed by atoms with Crippen LogP contribution in [0.1, 0.15) is 6.92 Å². The van der Waals surface area contributed by atoms with E-state index >= 15 is 0 Å². The van der Waals surface area contributed by atoms with Crippen molar-refractivity contribution in [3.8, 4) is 0 Å². The van der Waals surface area contributed by atoms with Gasteiger partial charge >= 0.3 is 0 Å². The standard InChI is InChI=1S/C6H11ClN2/c1-4-6(7)8-5-9(2)3/h4-5H,1-3H3/b6-4+,8-5-. The molecule has 0 heterocycles. The summed E-state index contributed by atoms with van der Waals surface area (Å²) in [4.78, 5) is 5.69. The monoisotopic (exact) mass is 146 g/mol. The summed E-state index contributed by atoms with van der Waals surface area (Å²) in [6.45, 7) is 1.84. The number of hydrogen-bond acceptors (Lipinski definition) is 1. The maximum Gasteiger partial charge on any atom is 0.126 e.